The van der Waals surface area contributed by atoms with Crippen LogP contribution in [0.2, 0.25) is 0 Å². The predicted molar refractivity (Wildman–Crippen MR) is 77.2 cm³/mol. The van der Waals surface area contributed by atoms with Gasteiger partial charge in [0.25, 0.3) is 0 Å². The SMILES string of the molecule is COc1ncccc1CN(C)C1CCCCC1Br. The van der Waals surface area contributed by atoms with Crippen molar-refractivity contribution in [2.75, 3.05) is 14.2 Å². The van der Waals surface area contributed by atoms with Crippen LogP contribution in [0.4, 0.5) is 0 Å². The van der Waals surface area contributed by atoms with Gasteiger partial charge in [-0.1, -0.05) is 34.8 Å². The van der Waals surface area contributed by atoms with E-state index in [1.165, 1.54) is 25.7 Å². The Bertz CT molecular complexity index is 386. The van der Waals surface area contributed by atoms with E-state index < -0.39 is 0 Å². The van der Waals surface area contributed by atoms with Gasteiger partial charge in [0.1, 0.15) is 0 Å². The predicted octanol–water partition coefficient (Wildman–Crippen LogP) is 3.23. The number of hydrogen-bond acceptors (Lipinski definition) is 3. The van der Waals surface area contributed by atoms with Crippen LogP contribution in [0.15, 0.2) is 18.3 Å². The molecule has 100 valence electrons. The van der Waals surface area contributed by atoms with Crippen LogP contribution in [0.1, 0.15) is 31.2 Å². The number of aromatic nitrogens is 1. The minimum Gasteiger partial charge on any atom is -0.481 e. The Hall–Kier alpha value is -0.610. The van der Waals surface area contributed by atoms with Crippen LogP contribution in [0.5, 0.6) is 5.88 Å². The van der Waals surface area contributed by atoms with Gasteiger partial charge in [-0.25, -0.2) is 4.98 Å². The summed E-state index contributed by atoms with van der Waals surface area (Å²) in [7, 11) is 3.87. The number of nitrogens with zero attached hydrogens (tertiary/aromatic N) is 2. The van der Waals surface area contributed by atoms with E-state index >= 15 is 0 Å². The molecule has 3 nitrogen and oxygen atoms in total. The summed E-state index contributed by atoms with van der Waals surface area (Å²) < 4.78 is 5.31. The summed E-state index contributed by atoms with van der Waals surface area (Å²) in [4.78, 5) is 7.28. The number of rotatable bonds is 4. The van der Waals surface area contributed by atoms with Gasteiger partial charge in [-0.15, -0.1) is 0 Å². The Kier molecular flexibility index (Phi) is 5.01. The second-order valence-electron chi connectivity index (χ2n) is 4.95. The van der Waals surface area contributed by atoms with Gasteiger partial charge in [-0.05, 0) is 26.0 Å². The molecule has 1 aromatic rings. The van der Waals surface area contributed by atoms with E-state index in [-0.39, 0.29) is 0 Å². The summed E-state index contributed by atoms with van der Waals surface area (Å²) in [6.45, 7) is 0.893. The zero-order valence-electron chi connectivity index (χ0n) is 11.1. The van der Waals surface area contributed by atoms with Crippen molar-refractivity contribution in [1.29, 1.82) is 0 Å². The van der Waals surface area contributed by atoms with Gasteiger partial charge in [-0.3, -0.25) is 4.90 Å². The second kappa shape index (κ2) is 6.53. The molecule has 0 bridgehead atoms. The second-order valence-corrected chi connectivity index (χ2v) is 6.13. The molecule has 0 amide bonds. The Labute approximate surface area is 118 Å². The summed E-state index contributed by atoms with van der Waals surface area (Å²) >= 11 is 3.82. The largest absolute Gasteiger partial charge is 0.481 e. The molecule has 0 radical (unpaired) electrons. The van der Waals surface area contributed by atoms with E-state index in [9.17, 15) is 0 Å². The van der Waals surface area contributed by atoms with E-state index in [4.69, 9.17) is 4.74 Å². The van der Waals surface area contributed by atoms with Gasteiger partial charge in [0.2, 0.25) is 5.88 Å². The van der Waals surface area contributed by atoms with Crippen molar-refractivity contribution in [2.45, 2.75) is 43.1 Å². The molecule has 2 atom stereocenters. The van der Waals surface area contributed by atoms with Gasteiger partial charge in [0.05, 0.1) is 7.11 Å². The third kappa shape index (κ3) is 3.23. The molecule has 1 aliphatic carbocycles. The van der Waals surface area contributed by atoms with Crippen molar-refractivity contribution in [1.82, 2.24) is 9.88 Å². The highest BCUT2D eigenvalue weighted by Crippen LogP contribution is 2.29. The molecular weight excluding hydrogens is 292 g/mol. The number of methoxy groups -OCH3 is 1. The fourth-order valence-corrected chi connectivity index (χ4v) is 3.67. The van der Waals surface area contributed by atoms with Gasteiger partial charge >= 0.3 is 0 Å². The molecule has 0 spiro atoms. The summed E-state index contributed by atoms with van der Waals surface area (Å²) in [5.74, 6) is 0.742. The van der Waals surface area contributed by atoms with Crippen LogP contribution in [0, 0.1) is 0 Å². The normalized spacial score (nSPS) is 24.2. The maximum absolute atomic E-state index is 5.31. The third-order valence-corrected chi connectivity index (χ3v) is 4.74. The summed E-state index contributed by atoms with van der Waals surface area (Å²) in [5, 5.41) is 0. The Balaban J connectivity index is 2.03. The van der Waals surface area contributed by atoms with Crippen LogP contribution in [0.3, 0.4) is 0 Å². The van der Waals surface area contributed by atoms with Crippen LogP contribution in [0.25, 0.3) is 0 Å². The number of hydrogen-bond donors (Lipinski definition) is 0. The standard InChI is InChI=1S/C14H21BrN2O/c1-17(13-8-4-3-7-12(13)15)10-11-6-5-9-16-14(11)18-2/h5-6,9,12-13H,3-4,7-8,10H2,1-2H3. The topological polar surface area (TPSA) is 25.4 Å². The molecule has 18 heavy (non-hydrogen) atoms. The molecule has 0 N–H and O–H groups in total. The molecule has 0 aliphatic heterocycles. The minimum absolute atomic E-state index is 0.610. The first-order valence-electron chi connectivity index (χ1n) is 6.54. The molecular formula is C14H21BrN2O. The van der Waals surface area contributed by atoms with Crippen LogP contribution >= 0.6 is 15.9 Å². The van der Waals surface area contributed by atoms with Gasteiger partial charge in [0, 0.05) is 29.2 Å². The highest BCUT2D eigenvalue weighted by atomic mass is 79.9. The van der Waals surface area contributed by atoms with Gasteiger partial charge in [-0.2, -0.15) is 0 Å². The third-order valence-electron chi connectivity index (χ3n) is 3.68. The smallest absolute Gasteiger partial charge is 0.217 e. The van der Waals surface area contributed by atoms with Crippen molar-refractivity contribution in [2.24, 2.45) is 0 Å². The Morgan fingerprint density at radius 3 is 2.94 bits per heavy atom. The fourth-order valence-electron chi connectivity index (χ4n) is 2.68. The van der Waals surface area contributed by atoms with E-state index in [2.05, 4.69) is 38.9 Å². The summed E-state index contributed by atoms with van der Waals surface area (Å²) in [5.41, 5.74) is 1.16. The summed E-state index contributed by atoms with van der Waals surface area (Å²) in [6.07, 6.45) is 7.00. The van der Waals surface area contributed by atoms with Crippen LogP contribution in [-0.2, 0) is 6.54 Å². The highest BCUT2D eigenvalue weighted by molar-refractivity contribution is 9.09. The van der Waals surface area contributed by atoms with E-state index in [1.807, 2.05) is 6.07 Å². The van der Waals surface area contributed by atoms with Gasteiger partial charge < -0.3 is 4.74 Å². The molecule has 1 aliphatic rings. The van der Waals surface area contributed by atoms with Crippen molar-refractivity contribution < 1.29 is 4.74 Å². The van der Waals surface area contributed by atoms with Crippen molar-refractivity contribution >= 4 is 15.9 Å². The quantitative estimate of drug-likeness (QED) is 0.798. The summed E-state index contributed by atoms with van der Waals surface area (Å²) in [6, 6.07) is 4.68. The van der Waals surface area contributed by atoms with Crippen LogP contribution < -0.4 is 4.74 Å². The van der Waals surface area contributed by atoms with Crippen molar-refractivity contribution in [3.8, 4) is 5.88 Å². The fraction of sp³-hybridized carbons (Fsp3) is 0.643. The lowest BCUT2D eigenvalue weighted by Gasteiger charge is -2.35. The molecule has 1 saturated carbocycles. The number of pyridine rings is 1. The molecule has 1 heterocycles. The highest BCUT2D eigenvalue weighted by Gasteiger charge is 2.26. The zero-order chi connectivity index (χ0) is 13.0. The molecule has 0 saturated heterocycles. The van der Waals surface area contributed by atoms with Gasteiger partial charge in [0.15, 0.2) is 0 Å². The Morgan fingerprint density at radius 2 is 2.22 bits per heavy atom. The number of halogens is 1. The first-order valence-corrected chi connectivity index (χ1v) is 7.46. The maximum atomic E-state index is 5.31. The monoisotopic (exact) mass is 312 g/mol. The average Bonchev–Trinajstić information content (AvgIpc) is 2.39. The molecule has 4 heteroatoms. The lowest BCUT2D eigenvalue weighted by atomic mass is 9.94. The zero-order valence-corrected chi connectivity index (χ0v) is 12.7. The van der Waals surface area contributed by atoms with Crippen molar-refractivity contribution in [3.63, 3.8) is 0 Å². The van der Waals surface area contributed by atoms with E-state index in [1.54, 1.807) is 13.3 Å². The maximum Gasteiger partial charge on any atom is 0.217 e. The Morgan fingerprint density at radius 1 is 1.44 bits per heavy atom. The average molecular weight is 313 g/mol. The first-order chi connectivity index (χ1) is 8.72. The van der Waals surface area contributed by atoms with Crippen LogP contribution in [-0.4, -0.2) is 34.9 Å². The lowest BCUT2D eigenvalue weighted by molar-refractivity contribution is 0.190. The molecule has 2 unspecified atom stereocenters. The lowest BCUT2D eigenvalue weighted by Crippen LogP contribution is -2.40. The van der Waals surface area contributed by atoms with Crippen molar-refractivity contribution in [3.05, 3.63) is 23.9 Å². The van der Waals surface area contributed by atoms with E-state index in [0.717, 1.165) is 18.0 Å². The molecule has 2 rings (SSSR count). The first kappa shape index (κ1) is 13.8. The number of alkyl halides is 1. The number of ether oxygens (including phenoxy) is 1. The molecule has 1 fully saturated rings. The minimum atomic E-state index is 0.610. The molecule has 0 aromatic carbocycles. The molecule has 1 aromatic heterocycles. The van der Waals surface area contributed by atoms with E-state index in [0.29, 0.717) is 10.9 Å².